The maximum absolute atomic E-state index is 12.3. The Morgan fingerprint density at radius 3 is 2.81 bits per heavy atom. The summed E-state index contributed by atoms with van der Waals surface area (Å²) in [6, 6.07) is 12.7. The number of amides is 1. The largest absolute Gasteiger partial charge is 0.451 e. The summed E-state index contributed by atoms with van der Waals surface area (Å²) in [6.07, 6.45) is 0. The van der Waals surface area contributed by atoms with Crippen molar-refractivity contribution in [2.75, 3.05) is 11.1 Å². The van der Waals surface area contributed by atoms with Crippen molar-refractivity contribution in [3.63, 3.8) is 0 Å². The van der Waals surface area contributed by atoms with Crippen molar-refractivity contribution in [3.05, 3.63) is 58.3 Å². The van der Waals surface area contributed by atoms with Crippen LogP contribution in [0, 0.1) is 6.92 Å². The van der Waals surface area contributed by atoms with Gasteiger partial charge in [0.25, 0.3) is 5.91 Å². The number of benzene rings is 2. The molecule has 5 heteroatoms. The van der Waals surface area contributed by atoms with Gasteiger partial charge < -0.3 is 15.5 Å². The zero-order valence-corrected chi connectivity index (χ0v) is 12.9. The minimum Gasteiger partial charge on any atom is -0.451 e. The van der Waals surface area contributed by atoms with Crippen LogP contribution >= 0.6 is 15.9 Å². The molecule has 0 aliphatic rings. The smallest absolute Gasteiger partial charge is 0.291 e. The minimum absolute atomic E-state index is 0.254. The van der Waals surface area contributed by atoms with Crippen LogP contribution in [0.5, 0.6) is 0 Å². The third kappa shape index (κ3) is 2.78. The van der Waals surface area contributed by atoms with Crippen molar-refractivity contribution in [3.8, 4) is 0 Å². The Balaban J connectivity index is 1.91. The number of furan rings is 1. The number of hydrogen-bond donors (Lipinski definition) is 2. The molecule has 21 heavy (non-hydrogen) atoms. The lowest BCUT2D eigenvalue weighted by Crippen LogP contribution is -2.11. The van der Waals surface area contributed by atoms with Gasteiger partial charge in [0.1, 0.15) is 5.58 Å². The fourth-order valence-electron chi connectivity index (χ4n) is 2.09. The molecule has 0 atom stereocenters. The molecule has 0 saturated carbocycles. The number of anilines is 2. The van der Waals surface area contributed by atoms with Gasteiger partial charge >= 0.3 is 0 Å². The lowest BCUT2D eigenvalue weighted by molar-refractivity contribution is 0.0998. The molecule has 3 rings (SSSR count). The van der Waals surface area contributed by atoms with Gasteiger partial charge in [0, 0.05) is 15.5 Å². The SMILES string of the molecule is Cc1ccc(Br)c(NC(=O)c2cc3cc(N)ccc3o2)c1. The predicted molar refractivity (Wildman–Crippen MR) is 87.5 cm³/mol. The number of fused-ring (bicyclic) bond motifs is 1. The second kappa shape index (κ2) is 5.26. The zero-order valence-electron chi connectivity index (χ0n) is 11.3. The van der Waals surface area contributed by atoms with E-state index in [2.05, 4.69) is 21.2 Å². The average molecular weight is 345 g/mol. The van der Waals surface area contributed by atoms with Crippen molar-refractivity contribution in [2.24, 2.45) is 0 Å². The van der Waals surface area contributed by atoms with E-state index in [0.717, 1.165) is 15.4 Å². The van der Waals surface area contributed by atoms with Gasteiger partial charge in [-0.05, 0) is 64.8 Å². The van der Waals surface area contributed by atoms with E-state index < -0.39 is 0 Å². The number of carbonyl (C=O) groups is 1. The van der Waals surface area contributed by atoms with E-state index in [0.29, 0.717) is 17.0 Å². The van der Waals surface area contributed by atoms with Gasteiger partial charge in [0.05, 0.1) is 5.69 Å². The molecule has 3 N–H and O–H groups in total. The van der Waals surface area contributed by atoms with Crippen LogP contribution in [-0.2, 0) is 0 Å². The summed E-state index contributed by atoms with van der Waals surface area (Å²) in [6.45, 7) is 1.96. The van der Waals surface area contributed by atoms with Crippen LogP contribution in [0.15, 0.2) is 51.4 Å². The van der Waals surface area contributed by atoms with Gasteiger partial charge in [-0.25, -0.2) is 0 Å². The number of rotatable bonds is 2. The van der Waals surface area contributed by atoms with Gasteiger partial charge in [0.2, 0.25) is 0 Å². The van der Waals surface area contributed by atoms with Crippen LogP contribution in [0.25, 0.3) is 11.0 Å². The maximum Gasteiger partial charge on any atom is 0.291 e. The number of nitrogens with two attached hydrogens (primary N) is 1. The molecule has 1 aromatic heterocycles. The third-order valence-corrected chi connectivity index (χ3v) is 3.83. The van der Waals surface area contributed by atoms with Gasteiger partial charge in [-0.3, -0.25) is 4.79 Å². The summed E-state index contributed by atoms with van der Waals surface area (Å²) in [5, 5.41) is 3.64. The van der Waals surface area contributed by atoms with Gasteiger partial charge in [0.15, 0.2) is 5.76 Å². The van der Waals surface area contributed by atoms with Crippen molar-refractivity contribution in [1.29, 1.82) is 0 Å². The first-order valence-electron chi connectivity index (χ1n) is 6.39. The maximum atomic E-state index is 12.3. The summed E-state index contributed by atoms with van der Waals surface area (Å²) >= 11 is 3.41. The molecule has 3 aromatic rings. The van der Waals surface area contributed by atoms with E-state index >= 15 is 0 Å². The number of nitrogens with one attached hydrogen (secondary N) is 1. The molecule has 1 amide bonds. The average Bonchev–Trinajstić information content (AvgIpc) is 2.86. The lowest BCUT2D eigenvalue weighted by Gasteiger charge is -2.06. The van der Waals surface area contributed by atoms with Crippen LogP contribution in [0.2, 0.25) is 0 Å². The van der Waals surface area contributed by atoms with Crippen molar-refractivity contribution >= 4 is 44.2 Å². The summed E-state index contributed by atoms with van der Waals surface area (Å²) in [5.74, 6) is -0.0416. The Labute approximate surface area is 130 Å². The molecule has 4 nitrogen and oxygen atoms in total. The van der Waals surface area contributed by atoms with Crippen LogP contribution in [0.4, 0.5) is 11.4 Å². The first kappa shape index (κ1) is 13.7. The molecule has 1 heterocycles. The van der Waals surface area contributed by atoms with E-state index in [4.69, 9.17) is 10.2 Å². The molecule has 0 unspecified atom stereocenters. The molecule has 0 spiro atoms. The molecule has 0 bridgehead atoms. The normalized spacial score (nSPS) is 10.8. The highest BCUT2D eigenvalue weighted by molar-refractivity contribution is 9.10. The molecule has 0 aliphatic heterocycles. The molecular weight excluding hydrogens is 332 g/mol. The summed E-state index contributed by atoms with van der Waals surface area (Å²) in [4.78, 5) is 12.3. The number of nitrogen functional groups attached to an aromatic ring is 1. The highest BCUT2D eigenvalue weighted by atomic mass is 79.9. The number of aryl methyl sites for hydroxylation is 1. The summed E-state index contributed by atoms with van der Waals surface area (Å²) in [5.41, 5.74) is 8.76. The van der Waals surface area contributed by atoms with Crippen molar-refractivity contribution < 1.29 is 9.21 Å². The molecule has 0 fully saturated rings. The van der Waals surface area contributed by atoms with Gasteiger partial charge in [-0.2, -0.15) is 0 Å². The summed E-state index contributed by atoms with van der Waals surface area (Å²) < 4.78 is 6.37. The standard InChI is InChI=1S/C16H13BrN2O2/c1-9-2-4-12(17)13(6-9)19-16(20)15-8-10-7-11(18)3-5-14(10)21-15/h2-8H,18H2,1H3,(H,19,20). The van der Waals surface area contributed by atoms with Crippen LogP contribution in [0.3, 0.4) is 0 Å². The number of halogens is 1. The lowest BCUT2D eigenvalue weighted by atomic mass is 10.2. The number of carbonyl (C=O) groups excluding carboxylic acids is 1. The fraction of sp³-hybridized carbons (Fsp3) is 0.0625. The minimum atomic E-state index is -0.295. The Morgan fingerprint density at radius 1 is 1.19 bits per heavy atom. The Bertz CT molecular complexity index is 839. The first-order chi connectivity index (χ1) is 10.0. The number of hydrogen-bond acceptors (Lipinski definition) is 3. The van der Waals surface area contributed by atoms with Gasteiger partial charge in [-0.1, -0.05) is 6.07 Å². The van der Waals surface area contributed by atoms with E-state index in [9.17, 15) is 4.79 Å². The molecule has 0 aliphatic carbocycles. The molecule has 0 saturated heterocycles. The quantitative estimate of drug-likeness (QED) is 0.679. The monoisotopic (exact) mass is 344 g/mol. The topological polar surface area (TPSA) is 68.3 Å². The third-order valence-electron chi connectivity index (χ3n) is 3.13. The van der Waals surface area contributed by atoms with Crippen molar-refractivity contribution in [1.82, 2.24) is 0 Å². The Kier molecular flexibility index (Phi) is 3.43. The second-order valence-electron chi connectivity index (χ2n) is 4.85. The van der Waals surface area contributed by atoms with E-state index in [1.165, 1.54) is 0 Å². The molecule has 106 valence electrons. The van der Waals surface area contributed by atoms with Crippen LogP contribution < -0.4 is 11.1 Å². The second-order valence-corrected chi connectivity index (χ2v) is 5.70. The van der Waals surface area contributed by atoms with E-state index in [1.54, 1.807) is 24.3 Å². The molecular formula is C16H13BrN2O2. The highest BCUT2D eigenvalue weighted by Gasteiger charge is 2.14. The summed E-state index contributed by atoms with van der Waals surface area (Å²) in [7, 11) is 0. The van der Waals surface area contributed by atoms with Crippen molar-refractivity contribution in [2.45, 2.75) is 6.92 Å². The fourth-order valence-corrected chi connectivity index (χ4v) is 2.44. The zero-order chi connectivity index (χ0) is 15.0. The van der Waals surface area contributed by atoms with E-state index in [1.807, 2.05) is 25.1 Å². The Hall–Kier alpha value is -2.27. The highest BCUT2D eigenvalue weighted by Crippen LogP contribution is 2.26. The molecule has 2 aromatic carbocycles. The predicted octanol–water partition coefficient (Wildman–Crippen LogP) is 4.34. The van der Waals surface area contributed by atoms with Crippen LogP contribution in [-0.4, -0.2) is 5.91 Å². The molecule has 0 radical (unpaired) electrons. The van der Waals surface area contributed by atoms with Gasteiger partial charge in [-0.15, -0.1) is 0 Å². The first-order valence-corrected chi connectivity index (χ1v) is 7.19. The van der Waals surface area contributed by atoms with E-state index in [-0.39, 0.29) is 11.7 Å². The Morgan fingerprint density at radius 2 is 2.00 bits per heavy atom. The van der Waals surface area contributed by atoms with Crippen LogP contribution in [0.1, 0.15) is 16.1 Å².